The summed E-state index contributed by atoms with van der Waals surface area (Å²) >= 11 is 0. The Hall–Kier alpha value is -0.440. The SMILES string of the molecule is O=[SH](=O)OC(F)(F)C(F)(F)F. The molecule has 0 amide bonds. The van der Waals surface area contributed by atoms with Gasteiger partial charge < -0.3 is 0 Å². The van der Waals surface area contributed by atoms with Crippen molar-refractivity contribution in [1.82, 2.24) is 0 Å². The molecule has 0 heterocycles. The summed E-state index contributed by atoms with van der Waals surface area (Å²) in [4.78, 5) is 0. The second-order valence-electron chi connectivity index (χ2n) is 1.33. The zero-order valence-corrected chi connectivity index (χ0v) is 5.46. The fourth-order valence-electron chi connectivity index (χ4n) is 0.145. The molecule has 0 bridgehead atoms. The number of rotatable bonds is 2. The molecule has 0 N–H and O–H groups in total. The number of thiol groups is 1. The molecule has 0 rings (SSSR count). The van der Waals surface area contributed by atoms with Crippen molar-refractivity contribution in [3.05, 3.63) is 0 Å². The van der Waals surface area contributed by atoms with Crippen molar-refractivity contribution in [3.8, 4) is 0 Å². The maximum atomic E-state index is 11.5. The fourth-order valence-corrected chi connectivity index (χ4v) is 0.436. The van der Waals surface area contributed by atoms with Crippen LogP contribution in [-0.4, -0.2) is 20.7 Å². The van der Waals surface area contributed by atoms with Crippen molar-refractivity contribution in [2.75, 3.05) is 0 Å². The van der Waals surface area contributed by atoms with Crippen molar-refractivity contribution in [2.45, 2.75) is 12.3 Å². The van der Waals surface area contributed by atoms with Gasteiger partial charge in [0.25, 0.3) is 11.0 Å². The molecule has 3 nitrogen and oxygen atoms in total. The first-order valence-corrected chi connectivity index (χ1v) is 3.04. The maximum Gasteiger partial charge on any atom is 0.484 e. The Labute approximate surface area is 58.9 Å². The minimum Gasteiger partial charge on any atom is -0.202 e. The van der Waals surface area contributed by atoms with E-state index in [0.717, 1.165) is 0 Å². The van der Waals surface area contributed by atoms with Crippen LogP contribution >= 0.6 is 0 Å². The average molecular weight is 200 g/mol. The lowest BCUT2D eigenvalue weighted by atomic mass is 10.6. The van der Waals surface area contributed by atoms with E-state index in [1.54, 1.807) is 0 Å². The standard InChI is InChI=1S/C2HF5O3S/c3-1(4,5)2(6,7)10-11(8)9/h11H. The molecule has 0 spiro atoms. The van der Waals surface area contributed by atoms with Crippen molar-refractivity contribution >= 4 is 11.0 Å². The van der Waals surface area contributed by atoms with Gasteiger partial charge in [0, 0.05) is 0 Å². The van der Waals surface area contributed by atoms with E-state index in [2.05, 4.69) is 4.18 Å². The van der Waals surface area contributed by atoms with Gasteiger partial charge in [0.2, 0.25) is 0 Å². The highest BCUT2D eigenvalue weighted by Gasteiger charge is 2.60. The lowest BCUT2D eigenvalue weighted by Crippen LogP contribution is -2.38. The molecule has 0 aromatic heterocycles. The normalized spacial score (nSPS) is 14.0. The highest BCUT2D eigenvalue weighted by atomic mass is 32.2. The minimum atomic E-state index is -6.01. The fraction of sp³-hybridized carbons (Fsp3) is 1.00. The molecule has 9 heteroatoms. The Morgan fingerprint density at radius 2 is 1.36 bits per heavy atom. The number of alkyl halides is 5. The molecule has 68 valence electrons. The predicted octanol–water partition coefficient (Wildman–Crippen LogP) is 0.685. The summed E-state index contributed by atoms with van der Waals surface area (Å²) in [7, 11) is -4.22. The molecule has 0 aromatic rings. The van der Waals surface area contributed by atoms with Gasteiger partial charge in [0.05, 0.1) is 0 Å². The van der Waals surface area contributed by atoms with Gasteiger partial charge in [0.15, 0.2) is 0 Å². The Morgan fingerprint density at radius 1 is 1.00 bits per heavy atom. The van der Waals surface area contributed by atoms with Crippen LogP contribution < -0.4 is 0 Å². The monoisotopic (exact) mass is 200 g/mol. The summed E-state index contributed by atoms with van der Waals surface area (Å²) in [5.74, 6) is 0. The van der Waals surface area contributed by atoms with E-state index < -0.39 is 23.3 Å². The van der Waals surface area contributed by atoms with E-state index in [9.17, 15) is 30.4 Å². The second-order valence-corrected chi connectivity index (χ2v) is 1.96. The predicted molar refractivity (Wildman–Crippen MR) is 22.4 cm³/mol. The van der Waals surface area contributed by atoms with Crippen LogP contribution in [0.25, 0.3) is 0 Å². The molecule has 0 fully saturated rings. The molecule has 0 radical (unpaired) electrons. The average Bonchev–Trinajstić information content (AvgIpc) is 1.56. The molecule has 11 heavy (non-hydrogen) atoms. The highest BCUT2D eigenvalue weighted by Crippen LogP contribution is 2.36. The van der Waals surface area contributed by atoms with Crippen LogP contribution in [0.4, 0.5) is 22.0 Å². The van der Waals surface area contributed by atoms with Crippen LogP contribution in [0, 0.1) is 0 Å². The zero-order chi connectivity index (χ0) is 9.28. The third-order valence-electron chi connectivity index (χ3n) is 0.519. The van der Waals surface area contributed by atoms with Crippen LogP contribution in [0.15, 0.2) is 0 Å². The lowest BCUT2D eigenvalue weighted by Gasteiger charge is -2.14. The first kappa shape index (κ1) is 10.6. The first-order chi connectivity index (χ1) is 4.67. The van der Waals surface area contributed by atoms with Crippen molar-refractivity contribution in [2.24, 2.45) is 0 Å². The van der Waals surface area contributed by atoms with E-state index in [4.69, 9.17) is 0 Å². The van der Waals surface area contributed by atoms with Crippen molar-refractivity contribution in [1.29, 1.82) is 0 Å². The van der Waals surface area contributed by atoms with E-state index in [0.29, 0.717) is 0 Å². The Balaban J connectivity index is 4.47. The van der Waals surface area contributed by atoms with Gasteiger partial charge in [-0.2, -0.15) is 26.1 Å². The molecule has 0 aromatic carbocycles. The topological polar surface area (TPSA) is 43.4 Å². The summed E-state index contributed by atoms with van der Waals surface area (Å²) < 4.78 is 76.9. The van der Waals surface area contributed by atoms with E-state index in [-0.39, 0.29) is 0 Å². The van der Waals surface area contributed by atoms with Crippen LogP contribution in [0.3, 0.4) is 0 Å². The largest absolute Gasteiger partial charge is 0.484 e. The minimum absolute atomic E-state index is 2.30. The Kier molecular flexibility index (Phi) is 2.78. The maximum absolute atomic E-state index is 11.5. The summed E-state index contributed by atoms with van der Waals surface area (Å²) in [5, 5.41) is 0. The molecule has 0 saturated carbocycles. The highest BCUT2D eigenvalue weighted by molar-refractivity contribution is 7.67. The molecule has 0 aliphatic carbocycles. The quantitative estimate of drug-likeness (QED) is 0.526. The van der Waals surface area contributed by atoms with Crippen molar-refractivity contribution in [3.63, 3.8) is 0 Å². The van der Waals surface area contributed by atoms with E-state index in [1.165, 1.54) is 0 Å². The number of halogens is 5. The van der Waals surface area contributed by atoms with Gasteiger partial charge in [-0.05, 0) is 0 Å². The van der Waals surface area contributed by atoms with Crippen LogP contribution in [0.5, 0.6) is 0 Å². The smallest absolute Gasteiger partial charge is 0.202 e. The molecule has 0 saturated heterocycles. The lowest BCUT2D eigenvalue weighted by molar-refractivity contribution is -0.358. The molecule has 0 aliphatic rings. The molecule has 0 aliphatic heterocycles. The number of hydrogen-bond acceptors (Lipinski definition) is 3. The van der Waals surface area contributed by atoms with Gasteiger partial charge in [0.1, 0.15) is 0 Å². The van der Waals surface area contributed by atoms with Crippen molar-refractivity contribution < 1.29 is 34.6 Å². The van der Waals surface area contributed by atoms with Gasteiger partial charge in [-0.25, -0.2) is 8.42 Å². The van der Waals surface area contributed by atoms with Gasteiger partial charge in [-0.15, -0.1) is 0 Å². The summed E-state index contributed by atoms with van der Waals surface area (Å²) in [6, 6.07) is 0. The Bertz CT molecular complexity index is 196. The summed E-state index contributed by atoms with van der Waals surface area (Å²) in [6.45, 7) is 0. The summed E-state index contributed by atoms with van der Waals surface area (Å²) in [5.41, 5.74) is 0. The first-order valence-electron chi connectivity index (χ1n) is 1.95. The Morgan fingerprint density at radius 3 is 1.45 bits per heavy atom. The summed E-state index contributed by atoms with van der Waals surface area (Å²) in [6.07, 6.45) is -11.6. The van der Waals surface area contributed by atoms with Gasteiger partial charge in [-0.1, -0.05) is 0 Å². The van der Waals surface area contributed by atoms with E-state index in [1.807, 2.05) is 0 Å². The zero-order valence-electron chi connectivity index (χ0n) is 4.56. The van der Waals surface area contributed by atoms with Gasteiger partial charge in [-0.3, -0.25) is 0 Å². The molecular weight excluding hydrogens is 199 g/mol. The third-order valence-corrected chi connectivity index (χ3v) is 0.898. The van der Waals surface area contributed by atoms with E-state index >= 15 is 0 Å². The van der Waals surface area contributed by atoms with Gasteiger partial charge >= 0.3 is 12.3 Å². The molecule has 0 unspecified atom stereocenters. The second kappa shape index (κ2) is 2.89. The third kappa shape index (κ3) is 2.97. The number of hydrogen-bond donors (Lipinski definition) is 1. The van der Waals surface area contributed by atoms with Crippen LogP contribution in [0.1, 0.15) is 0 Å². The van der Waals surface area contributed by atoms with Crippen LogP contribution in [-0.2, 0) is 15.2 Å². The molecule has 0 atom stereocenters. The van der Waals surface area contributed by atoms with Crippen LogP contribution in [0.2, 0.25) is 0 Å². The molecular formula is C2HF5O3S.